The van der Waals surface area contributed by atoms with Crippen LogP contribution in [0, 0.1) is 0 Å². The standard InChI is InChI=1S/C21H20ClN3O4S/c22-18-5-1-2-6-20(18)29-16-9-7-15(8-10-16)24-30(27,28)17-13-19(23-14-17)21(26)25-11-3-4-12-25/h1-2,5-10,13-14,23-24H,3-4,11-12H2. The average Bonchev–Trinajstić information content (AvgIpc) is 3.43. The van der Waals surface area contributed by atoms with E-state index in [2.05, 4.69) is 9.71 Å². The maximum absolute atomic E-state index is 12.7. The van der Waals surface area contributed by atoms with E-state index in [-0.39, 0.29) is 16.5 Å². The molecule has 2 heterocycles. The van der Waals surface area contributed by atoms with Crippen LogP contribution < -0.4 is 9.46 Å². The van der Waals surface area contributed by atoms with Crippen LogP contribution in [0.15, 0.2) is 65.7 Å². The van der Waals surface area contributed by atoms with Crippen molar-refractivity contribution in [3.8, 4) is 11.5 Å². The SMILES string of the molecule is O=C(c1cc(S(=O)(=O)Nc2ccc(Oc3ccccc3Cl)cc2)c[nH]1)N1CCCC1. The fraction of sp³-hybridized carbons (Fsp3) is 0.190. The summed E-state index contributed by atoms with van der Waals surface area (Å²) in [5.41, 5.74) is 0.635. The summed E-state index contributed by atoms with van der Waals surface area (Å²) in [6.07, 6.45) is 3.26. The van der Waals surface area contributed by atoms with Crippen LogP contribution in [-0.2, 0) is 10.0 Å². The number of benzene rings is 2. The molecule has 0 spiro atoms. The Morgan fingerprint density at radius 1 is 1.07 bits per heavy atom. The minimum absolute atomic E-state index is 0.00133. The lowest BCUT2D eigenvalue weighted by Gasteiger charge is -2.13. The van der Waals surface area contributed by atoms with Crippen molar-refractivity contribution in [1.82, 2.24) is 9.88 Å². The van der Waals surface area contributed by atoms with Gasteiger partial charge in [-0.05, 0) is 55.3 Å². The summed E-state index contributed by atoms with van der Waals surface area (Å²) in [5.74, 6) is 0.844. The summed E-state index contributed by atoms with van der Waals surface area (Å²) in [6, 6.07) is 14.9. The third-order valence-corrected chi connectivity index (χ3v) is 6.43. The van der Waals surface area contributed by atoms with E-state index < -0.39 is 10.0 Å². The molecule has 9 heteroatoms. The molecule has 4 rings (SSSR count). The van der Waals surface area contributed by atoms with Crippen LogP contribution >= 0.6 is 11.6 Å². The van der Waals surface area contributed by atoms with Gasteiger partial charge in [0.25, 0.3) is 15.9 Å². The Morgan fingerprint density at radius 2 is 1.77 bits per heavy atom. The second-order valence-corrected chi connectivity index (χ2v) is 9.00. The highest BCUT2D eigenvalue weighted by molar-refractivity contribution is 7.92. The van der Waals surface area contributed by atoms with Gasteiger partial charge in [0.05, 0.1) is 5.02 Å². The van der Waals surface area contributed by atoms with Crippen LogP contribution in [0.25, 0.3) is 0 Å². The molecule has 1 aliphatic heterocycles. The quantitative estimate of drug-likeness (QED) is 0.584. The summed E-state index contributed by atoms with van der Waals surface area (Å²) in [5, 5.41) is 0.481. The van der Waals surface area contributed by atoms with Gasteiger partial charge in [-0.3, -0.25) is 9.52 Å². The summed E-state index contributed by atoms with van der Waals surface area (Å²) < 4.78 is 33.6. The van der Waals surface area contributed by atoms with Gasteiger partial charge in [0.15, 0.2) is 0 Å². The predicted octanol–water partition coefficient (Wildman–Crippen LogP) is 4.50. The first-order valence-electron chi connectivity index (χ1n) is 9.45. The van der Waals surface area contributed by atoms with Gasteiger partial charge >= 0.3 is 0 Å². The van der Waals surface area contributed by atoms with E-state index in [1.54, 1.807) is 47.4 Å². The number of halogens is 1. The molecule has 156 valence electrons. The molecule has 2 N–H and O–H groups in total. The molecule has 1 fully saturated rings. The zero-order valence-corrected chi connectivity index (χ0v) is 17.5. The number of carbonyl (C=O) groups is 1. The number of rotatable bonds is 6. The van der Waals surface area contributed by atoms with Gasteiger partial charge in [-0.15, -0.1) is 0 Å². The number of likely N-dealkylation sites (tertiary alicyclic amines) is 1. The first-order valence-corrected chi connectivity index (χ1v) is 11.3. The van der Waals surface area contributed by atoms with E-state index in [1.165, 1.54) is 12.3 Å². The largest absolute Gasteiger partial charge is 0.456 e. The van der Waals surface area contributed by atoms with Crippen LogP contribution in [-0.4, -0.2) is 37.3 Å². The lowest BCUT2D eigenvalue weighted by Crippen LogP contribution is -2.27. The highest BCUT2D eigenvalue weighted by atomic mass is 35.5. The molecule has 1 aliphatic rings. The molecule has 1 aromatic heterocycles. The number of hydrogen-bond donors (Lipinski definition) is 2. The van der Waals surface area contributed by atoms with Crippen LogP contribution in [0.2, 0.25) is 5.02 Å². The Labute approximate surface area is 179 Å². The van der Waals surface area contributed by atoms with Gasteiger partial charge in [0, 0.05) is 25.0 Å². The fourth-order valence-electron chi connectivity index (χ4n) is 3.20. The number of amides is 1. The highest BCUT2D eigenvalue weighted by Gasteiger charge is 2.23. The average molecular weight is 446 g/mol. The number of anilines is 1. The lowest BCUT2D eigenvalue weighted by atomic mass is 10.3. The van der Waals surface area contributed by atoms with Gasteiger partial charge in [-0.1, -0.05) is 23.7 Å². The second kappa shape index (κ2) is 8.41. The number of carbonyl (C=O) groups excluding carboxylic acids is 1. The molecule has 0 unspecified atom stereocenters. The topological polar surface area (TPSA) is 91.5 Å². The van der Waals surface area contributed by atoms with Crippen molar-refractivity contribution in [2.24, 2.45) is 0 Å². The Hall–Kier alpha value is -2.97. The minimum atomic E-state index is -3.84. The normalized spacial score (nSPS) is 14.0. The first-order chi connectivity index (χ1) is 14.4. The van der Waals surface area contributed by atoms with Crippen molar-refractivity contribution in [1.29, 1.82) is 0 Å². The molecule has 0 aliphatic carbocycles. The number of nitrogens with zero attached hydrogens (tertiary/aromatic N) is 1. The lowest BCUT2D eigenvalue weighted by molar-refractivity contribution is 0.0787. The van der Waals surface area contributed by atoms with Gasteiger partial charge < -0.3 is 14.6 Å². The summed E-state index contributed by atoms with van der Waals surface area (Å²) in [7, 11) is -3.84. The smallest absolute Gasteiger partial charge is 0.270 e. The van der Waals surface area contributed by atoms with Gasteiger partial charge in [0.1, 0.15) is 22.1 Å². The van der Waals surface area contributed by atoms with Crippen LogP contribution in [0.1, 0.15) is 23.3 Å². The van der Waals surface area contributed by atoms with Crippen LogP contribution in [0.3, 0.4) is 0 Å². The number of aromatic nitrogens is 1. The maximum atomic E-state index is 12.7. The molecule has 3 aromatic rings. The Kier molecular flexibility index (Phi) is 5.69. The van der Waals surface area contributed by atoms with Crippen molar-refractivity contribution >= 4 is 33.2 Å². The zero-order valence-electron chi connectivity index (χ0n) is 16.0. The number of ether oxygens (including phenoxy) is 1. The number of para-hydroxylation sites is 1. The highest BCUT2D eigenvalue weighted by Crippen LogP contribution is 2.29. The fourth-order valence-corrected chi connectivity index (χ4v) is 4.43. The number of aromatic amines is 1. The Balaban J connectivity index is 1.44. The molecule has 0 atom stereocenters. The summed E-state index contributed by atoms with van der Waals surface area (Å²) >= 11 is 6.08. The van der Waals surface area contributed by atoms with Crippen molar-refractivity contribution in [3.05, 3.63) is 71.5 Å². The predicted molar refractivity (Wildman–Crippen MR) is 115 cm³/mol. The van der Waals surface area contributed by atoms with Crippen molar-refractivity contribution < 1.29 is 17.9 Å². The second-order valence-electron chi connectivity index (χ2n) is 6.91. The molecule has 1 amide bonds. The monoisotopic (exact) mass is 445 g/mol. The molecule has 0 bridgehead atoms. The van der Waals surface area contributed by atoms with Crippen molar-refractivity contribution in [2.75, 3.05) is 17.8 Å². The number of nitrogens with one attached hydrogen (secondary N) is 2. The Morgan fingerprint density at radius 3 is 2.47 bits per heavy atom. The number of H-pyrrole nitrogens is 1. The van der Waals surface area contributed by atoms with E-state index in [4.69, 9.17) is 16.3 Å². The first kappa shape index (κ1) is 20.3. The van der Waals surface area contributed by atoms with E-state index in [1.807, 2.05) is 6.07 Å². The van der Waals surface area contributed by atoms with E-state index in [9.17, 15) is 13.2 Å². The van der Waals surface area contributed by atoms with E-state index in [0.717, 1.165) is 12.8 Å². The van der Waals surface area contributed by atoms with Gasteiger partial charge in [-0.2, -0.15) is 0 Å². The van der Waals surface area contributed by atoms with E-state index >= 15 is 0 Å². The minimum Gasteiger partial charge on any atom is -0.456 e. The third kappa shape index (κ3) is 4.44. The van der Waals surface area contributed by atoms with E-state index in [0.29, 0.717) is 35.3 Å². The number of hydrogen-bond acceptors (Lipinski definition) is 4. The van der Waals surface area contributed by atoms with Crippen LogP contribution in [0.5, 0.6) is 11.5 Å². The van der Waals surface area contributed by atoms with Gasteiger partial charge in [0.2, 0.25) is 0 Å². The molecular weight excluding hydrogens is 426 g/mol. The molecule has 30 heavy (non-hydrogen) atoms. The van der Waals surface area contributed by atoms with Gasteiger partial charge in [-0.25, -0.2) is 8.42 Å². The molecule has 1 saturated heterocycles. The molecule has 0 saturated carbocycles. The summed E-state index contributed by atoms with van der Waals surface area (Å²) in [6.45, 7) is 1.39. The van der Waals surface area contributed by atoms with Crippen LogP contribution in [0.4, 0.5) is 5.69 Å². The number of sulfonamides is 1. The zero-order chi connectivity index (χ0) is 21.1. The molecule has 7 nitrogen and oxygen atoms in total. The summed E-state index contributed by atoms with van der Waals surface area (Å²) in [4.78, 5) is 16.9. The third-order valence-electron chi connectivity index (χ3n) is 4.76. The van der Waals surface area contributed by atoms with Crippen molar-refractivity contribution in [2.45, 2.75) is 17.7 Å². The Bertz CT molecular complexity index is 1150. The van der Waals surface area contributed by atoms with Crippen molar-refractivity contribution in [3.63, 3.8) is 0 Å². The molecule has 2 aromatic carbocycles. The molecule has 0 radical (unpaired) electrons. The maximum Gasteiger partial charge on any atom is 0.270 e. The molecular formula is C21H20ClN3O4S.